The number of unbranched alkanes of at least 4 members (excludes halogenated alkanes) is 2. The van der Waals surface area contributed by atoms with E-state index in [1.54, 1.807) is 13.8 Å². The van der Waals surface area contributed by atoms with Gasteiger partial charge in [-0.1, -0.05) is 36.8 Å². The lowest BCUT2D eigenvalue weighted by atomic mass is 9.79. The van der Waals surface area contributed by atoms with Crippen LogP contribution >= 0.6 is 0 Å². The first kappa shape index (κ1) is 29.7. The third kappa shape index (κ3) is 5.53. The van der Waals surface area contributed by atoms with Gasteiger partial charge in [-0.25, -0.2) is 4.90 Å². The minimum atomic E-state index is -4.82. The number of fused-ring (bicyclic) bond motifs is 5. The first-order chi connectivity index (χ1) is 19.9. The zero-order valence-corrected chi connectivity index (χ0v) is 23.4. The van der Waals surface area contributed by atoms with Gasteiger partial charge in [-0.15, -0.1) is 0 Å². The summed E-state index contributed by atoms with van der Waals surface area (Å²) in [7, 11) is 0. The van der Waals surface area contributed by atoms with Crippen molar-refractivity contribution >= 4 is 23.5 Å². The number of benzene rings is 2. The molecule has 0 radical (unpaired) electrons. The van der Waals surface area contributed by atoms with E-state index in [1.807, 2.05) is 30.3 Å². The highest BCUT2D eigenvalue weighted by Gasteiger charge is 2.71. The molecule has 2 aromatic rings. The molecule has 4 unspecified atom stereocenters. The molecular weight excluding hydrogens is 551 g/mol. The molecule has 3 aliphatic rings. The van der Waals surface area contributed by atoms with Crippen LogP contribution in [0.1, 0.15) is 56.2 Å². The third-order valence-corrected chi connectivity index (χ3v) is 8.45. The Balaban J connectivity index is 1.19. The molecule has 3 saturated heterocycles. The predicted molar refractivity (Wildman–Crippen MR) is 145 cm³/mol. The molecular formula is C31H32F3N3O5. The summed E-state index contributed by atoms with van der Waals surface area (Å²) in [6, 6.07) is 13.9. The van der Waals surface area contributed by atoms with E-state index < -0.39 is 52.2 Å². The second-order valence-electron chi connectivity index (χ2n) is 11.7. The fourth-order valence-corrected chi connectivity index (χ4v) is 6.77. The van der Waals surface area contributed by atoms with Crippen LogP contribution in [-0.4, -0.2) is 53.5 Å². The Kier molecular flexibility index (Phi) is 7.89. The van der Waals surface area contributed by atoms with Crippen molar-refractivity contribution in [2.24, 2.45) is 11.8 Å². The largest absolute Gasteiger partial charge is 0.461 e. The van der Waals surface area contributed by atoms with E-state index in [-0.39, 0.29) is 18.3 Å². The number of rotatable bonds is 9. The minimum Gasteiger partial charge on any atom is -0.461 e. The van der Waals surface area contributed by atoms with Gasteiger partial charge in [0.25, 0.3) is 0 Å². The number of likely N-dealkylation sites (tertiary alicyclic amines) is 1. The lowest BCUT2D eigenvalue weighted by Gasteiger charge is -2.45. The summed E-state index contributed by atoms with van der Waals surface area (Å²) in [4.78, 5) is 42.3. The molecule has 11 heteroatoms. The molecule has 0 N–H and O–H groups in total. The second kappa shape index (κ2) is 11.2. The lowest BCUT2D eigenvalue weighted by molar-refractivity contribution is -0.169. The first-order valence-corrected chi connectivity index (χ1v) is 14.0. The topological polar surface area (TPSA) is 99.9 Å². The monoisotopic (exact) mass is 583 g/mol. The Morgan fingerprint density at radius 3 is 2.26 bits per heavy atom. The summed E-state index contributed by atoms with van der Waals surface area (Å²) in [5.41, 5.74) is -3.04. The standard InChI is InChI=1S/C31H32F3N3O5/c1-29-18-36(14-8-4-7-11-24(38)41-17-20-9-5-3-6-10-20)19-30(2,42-29)26-25(29)27(39)37(28(26)40)22-13-12-21(16-35)23(15-22)31(32,33)34/h3,5-6,9-10,12-13,15,25-26H,4,7-8,11,14,17-19H2,1-2H3. The Bertz CT molecular complexity index is 1390. The van der Waals surface area contributed by atoms with Gasteiger partial charge in [0.15, 0.2) is 0 Å². The summed E-state index contributed by atoms with van der Waals surface area (Å²) < 4.78 is 52.4. The van der Waals surface area contributed by atoms with Crippen molar-refractivity contribution in [3.8, 4) is 6.07 Å². The Labute approximate surface area is 242 Å². The van der Waals surface area contributed by atoms with Crippen LogP contribution in [0.3, 0.4) is 0 Å². The number of carbonyl (C=O) groups is 3. The number of anilines is 1. The molecule has 0 saturated carbocycles. The number of esters is 1. The normalized spacial score (nSPS) is 27.2. The van der Waals surface area contributed by atoms with Gasteiger partial charge < -0.3 is 9.47 Å². The zero-order valence-electron chi connectivity index (χ0n) is 23.4. The van der Waals surface area contributed by atoms with Crippen LogP contribution in [0.15, 0.2) is 48.5 Å². The van der Waals surface area contributed by atoms with Crippen molar-refractivity contribution in [1.29, 1.82) is 5.26 Å². The van der Waals surface area contributed by atoms with E-state index in [4.69, 9.17) is 14.7 Å². The Hall–Kier alpha value is -3.75. The van der Waals surface area contributed by atoms with Gasteiger partial charge in [-0.05, 0) is 57.0 Å². The molecule has 4 atom stereocenters. The van der Waals surface area contributed by atoms with Crippen LogP contribution in [0.25, 0.3) is 0 Å². The Morgan fingerprint density at radius 1 is 1.02 bits per heavy atom. The van der Waals surface area contributed by atoms with Crippen LogP contribution in [0.4, 0.5) is 18.9 Å². The molecule has 2 bridgehead atoms. The van der Waals surface area contributed by atoms with Crippen molar-refractivity contribution in [3.05, 3.63) is 65.2 Å². The molecule has 0 aliphatic carbocycles. The summed E-state index contributed by atoms with van der Waals surface area (Å²) in [6.45, 7) is 5.26. The number of ether oxygens (including phenoxy) is 2. The van der Waals surface area contributed by atoms with Gasteiger partial charge in [-0.3, -0.25) is 19.3 Å². The van der Waals surface area contributed by atoms with Gasteiger partial charge in [0.05, 0.1) is 45.9 Å². The van der Waals surface area contributed by atoms with Gasteiger partial charge in [0.2, 0.25) is 11.8 Å². The second-order valence-corrected chi connectivity index (χ2v) is 11.7. The van der Waals surface area contributed by atoms with Crippen LogP contribution in [-0.2, 0) is 36.6 Å². The average molecular weight is 584 g/mol. The van der Waals surface area contributed by atoms with Crippen molar-refractivity contribution < 1.29 is 37.0 Å². The molecule has 222 valence electrons. The van der Waals surface area contributed by atoms with Gasteiger partial charge in [-0.2, -0.15) is 18.4 Å². The third-order valence-electron chi connectivity index (χ3n) is 8.45. The zero-order chi connectivity index (χ0) is 30.3. The van der Waals surface area contributed by atoms with E-state index in [9.17, 15) is 27.6 Å². The van der Waals surface area contributed by atoms with E-state index in [2.05, 4.69) is 4.90 Å². The highest BCUT2D eigenvalue weighted by molar-refractivity contribution is 6.23. The summed E-state index contributed by atoms with van der Waals surface area (Å²) in [5.74, 6) is -3.12. The number of morpholine rings is 1. The molecule has 8 nitrogen and oxygen atoms in total. The van der Waals surface area contributed by atoms with E-state index in [0.717, 1.165) is 29.4 Å². The van der Waals surface area contributed by atoms with E-state index >= 15 is 0 Å². The SMILES string of the molecule is CC12CN(CCCCCC(=O)OCc3ccccc3)CC(C)(O1)C1C(=O)N(c3ccc(C#N)c(C(F)(F)F)c3)C(=O)C12. The summed E-state index contributed by atoms with van der Waals surface area (Å²) >= 11 is 0. The maximum Gasteiger partial charge on any atom is 0.417 e. The smallest absolute Gasteiger partial charge is 0.417 e. The number of hydrogen-bond acceptors (Lipinski definition) is 7. The quantitative estimate of drug-likeness (QED) is 0.236. The first-order valence-electron chi connectivity index (χ1n) is 14.0. The molecule has 3 fully saturated rings. The number of nitrogens with zero attached hydrogens (tertiary/aromatic N) is 3. The number of amides is 2. The number of carbonyl (C=O) groups excluding carboxylic acids is 3. The van der Waals surface area contributed by atoms with E-state index in [0.29, 0.717) is 38.5 Å². The number of hydrogen-bond donors (Lipinski definition) is 0. The lowest BCUT2D eigenvalue weighted by Crippen LogP contribution is -2.58. The van der Waals surface area contributed by atoms with Crippen molar-refractivity contribution in [2.45, 2.75) is 63.5 Å². The molecule has 5 rings (SSSR count). The fourth-order valence-electron chi connectivity index (χ4n) is 6.77. The van der Waals surface area contributed by atoms with Crippen LogP contribution in [0.2, 0.25) is 0 Å². The Morgan fingerprint density at radius 2 is 1.67 bits per heavy atom. The number of alkyl halides is 3. The molecule has 0 spiro atoms. The van der Waals surface area contributed by atoms with Crippen molar-refractivity contribution in [2.75, 3.05) is 24.5 Å². The predicted octanol–water partition coefficient (Wildman–Crippen LogP) is 4.85. The summed E-state index contributed by atoms with van der Waals surface area (Å²) in [6.07, 6.45) is -2.23. The molecule has 0 aromatic heterocycles. The van der Waals surface area contributed by atoms with E-state index in [1.165, 1.54) is 12.1 Å². The fraction of sp³-hybridized carbons (Fsp3) is 0.484. The van der Waals surface area contributed by atoms with Crippen molar-refractivity contribution in [1.82, 2.24) is 4.90 Å². The highest BCUT2D eigenvalue weighted by atomic mass is 19.4. The summed E-state index contributed by atoms with van der Waals surface area (Å²) in [5, 5.41) is 9.11. The maximum atomic E-state index is 13.6. The number of halogens is 3. The molecule has 3 aliphatic heterocycles. The molecule has 2 amide bonds. The van der Waals surface area contributed by atoms with Gasteiger partial charge >= 0.3 is 12.1 Å². The van der Waals surface area contributed by atoms with Crippen LogP contribution < -0.4 is 4.90 Å². The van der Waals surface area contributed by atoms with Crippen molar-refractivity contribution in [3.63, 3.8) is 0 Å². The van der Waals surface area contributed by atoms with Crippen LogP contribution in [0.5, 0.6) is 0 Å². The van der Waals surface area contributed by atoms with Gasteiger partial charge in [0.1, 0.15) is 6.61 Å². The minimum absolute atomic E-state index is 0.199. The van der Waals surface area contributed by atoms with Gasteiger partial charge in [0, 0.05) is 19.5 Å². The molecule has 42 heavy (non-hydrogen) atoms. The molecule has 3 heterocycles. The molecule has 2 aromatic carbocycles. The maximum absolute atomic E-state index is 13.6. The van der Waals surface area contributed by atoms with Crippen LogP contribution in [0, 0.1) is 23.2 Å². The number of imide groups is 1. The highest BCUT2D eigenvalue weighted by Crippen LogP contribution is 2.55. The number of nitriles is 1. The average Bonchev–Trinajstić information content (AvgIpc) is 3.31.